The Hall–Kier alpha value is -2.19. The molecule has 0 aromatic carbocycles. The zero-order valence-electron chi connectivity index (χ0n) is 19.8. The van der Waals surface area contributed by atoms with Crippen LogP contribution in [0.2, 0.25) is 0 Å². The van der Waals surface area contributed by atoms with Crippen molar-refractivity contribution in [3.8, 4) is 0 Å². The van der Waals surface area contributed by atoms with E-state index < -0.39 is 35.1 Å². The highest BCUT2D eigenvalue weighted by Gasteiger charge is 2.75. The van der Waals surface area contributed by atoms with Gasteiger partial charge in [-0.05, 0) is 26.7 Å². The van der Waals surface area contributed by atoms with Gasteiger partial charge in [-0.3, -0.25) is 14.4 Å². The number of likely N-dealkylation sites (N-methyl/N-ethyl adjacent to an activating group) is 1. The molecule has 0 bridgehead atoms. The summed E-state index contributed by atoms with van der Waals surface area (Å²) in [4.78, 5) is 46.7. The van der Waals surface area contributed by atoms with Crippen LogP contribution in [0.25, 0.3) is 0 Å². The van der Waals surface area contributed by atoms with Gasteiger partial charge >= 0.3 is 0 Å². The molecule has 180 valence electrons. The van der Waals surface area contributed by atoms with Crippen LogP contribution >= 0.6 is 0 Å². The van der Waals surface area contributed by atoms with Crippen LogP contribution in [-0.4, -0.2) is 93.6 Å². The van der Waals surface area contributed by atoms with Crippen LogP contribution in [0.3, 0.4) is 0 Å². The first-order valence-corrected chi connectivity index (χ1v) is 12.3. The van der Waals surface area contributed by atoms with E-state index in [1.165, 1.54) is 11.3 Å². The van der Waals surface area contributed by atoms with E-state index in [9.17, 15) is 19.5 Å². The van der Waals surface area contributed by atoms with Crippen molar-refractivity contribution in [2.24, 2.45) is 11.8 Å². The summed E-state index contributed by atoms with van der Waals surface area (Å²) in [7, 11) is 1.73. The standard InChI is InChI=1S/C25H35N3O5/c1-16(15-29)28-20-23(32)27(17-9-5-4-6-10-17)14-8-12-25(20)19(22(28)31)18-21(30)26(3)13-7-11-24(18,2)33-25/h7-8,11-12,16-20,29H,4-6,9-10,13-15H2,1-3H3/t16-,18+,19+,20?,24-,25+/m1/s1. The SMILES string of the molecule is C[C@H](CO)N1C(=O)[C@@H]2[C@H]3C(=O)N(C)CC=C[C@@]3(C)O[C@@]23C=CCN(C2CCCCC2)C(=O)C13. The van der Waals surface area contributed by atoms with Crippen molar-refractivity contribution in [1.29, 1.82) is 0 Å². The lowest BCUT2D eigenvalue weighted by Crippen LogP contribution is -2.59. The van der Waals surface area contributed by atoms with Crippen LogP contribution in [0.5, 0.6) is 0 Å². The van der Waals surface area contributed by atoms with E-state index >= 15 is 0 Å². The van der Waals surface area contributed by atoms with Crippen molar-refractivity contribution >= 4 is 17.7 Å². The van der Waals surface area contributed by atoms with Gasteiger partial charge in [0.2, 0.25) is 17.7 Å². The van der Waals surface area contributed by atoms with Crippen LogP contribution in [0.1, 0.15) is 46.0 Å². The zero-order chi connectivity index (χ0) is 23.5. The number of amides is 3. The molecular formula is C25H35N3O5. The number of aliphatic hydroxyl groups excluding tert-OH is 1. The fourth-order valence-electron chi connectivity index (χ4n) is 6.88. The van der Waals surface area contributed by atoms with E-state index in [2.05, 4.69) is 0 Å². The first-order chi connectivity index (χ1) is 15.7. The van der Waals surface area contributed by atoms with Crippen LogP contribution in [-0.2, 0) is 19.1 Å². The predicted octanol–water partition coefficient (Wildman–Crippen LogP) is 1.10. The number of hydrogen-bond donors (Lipinski definition) is 1. The highest BCUT2D eigenvalue weighted by molar-refractivity contribution is 6.00. The Bertz CT molecular complexity index is 912. The normalized spacial score (nSPS) is 39.9. The minimum absolute atomic E-state index is 0.132. The topological polar surface area (TPSA) is 90.4 Å². The lowest BCUT2D eigenvalue weighted by atomic mass is 9.74. The minimum Gasteiger partial charge on any atom is -0.394 e. The maximum absolute atomic E-state index is 14.2. The van der Waals surface area contributed by atoms with Gasteiger partial charge in [0.15, 0.2) is 0 Å². The van der Waals surface area contributed by atoms with Gasteiger partial charge < -0.3 is 24.5 Å². The molecule has 4 aliphatic heterocycles. The van der Waals surface area contributed by atoms with E-state index in [1.807, 2.05) is 36.1 Å². The Morgan fingerprint density at radius 1 is 1.03 bits per heavy atom. The fourth-order valence-corrected chi connectivity index (χ4v) is 6.88. The monoisotopic (exact) mass is 457 g/mol. The molecule has 8 nitrogen and oxygen atoms in total. The second kappa shape index (κ2) is 7.94. The molecule has 5 aliphatic rings. The molecule has 0 radical (unpaired) electrons. The predicted molar refractivity (Wildman–Crippen MR) is 121 cm³/mol. The molecule has 1 unspecified atom stereocenters. The highest BCUT2D eigenvalue weighted by atomic mass is 16.5. The summed E-state index contributed by atoms with van der Waals surface area (Å²) in [6.45, 7) is 4.26. The summed E-state index contributed by atoms with van der Waals surface area (Å²) in [5.74, 6) is -2.11. The summed E-state index contributed by atoms with van der Waals surface area (Å²) >= 11 is 0. The van der Waals surface area contributed by atoms with Gasteiger partial charge in [-0.25, -0.2) is 0 Å². The first-order valence-electron chi connectivity index (χ1n) is 12.3. The summed E-state index contributed by atoms with van der Waals surface area (Å²) in [5, 5.41) is 9.99. The number of rotatable bonds is 3. The maximum atomic E-state index is 14.2. The maximum Gasteiger partial charge on any atom is 0.249 e. The molecule has 33 heavy (non-hydrogen) atoms. The third kappa shape index (κ3) is 3.13. The average Bonchev–Trinajstić information content (AvgIpc) is 3.09. The molecule has 3 fully saturated rings. The molecule has 2 saturated heterocycles. The number of ether oxygens (including phenoxy) is 1. The van der Waals surface area contributed by atoms with E-state index in [1.54, 1.807) is 18.9 Å². The van der Waals surface area contributed by atoms with E-state index in [-0.39, 0.29) is 30.4 Å². The number of carbonyl (C=O) groups excluding carboxylic acids is 3. The largest absolute Gasteiger partial charge is 0.394 e. The van der Waals surface area contributed by atoms with Crippen molar-refractivity contribution in [3.05, 3.63) is 24.3 Å². The molecule has 4 heterocycles. The Balaban J connectivity index is 1.63. The summed E-state index contributed by atoms with van der Waals surface area (Å²) < 4.78 is 6.74. The number of carbonyl (C=O) groups is 3. The first kappa shape index (κ1) is 22.6. The molecular weight excluding hydrogens is 422 g/mol. The molecule has 1 saturated carbocycles. The van der Waals surface area contributed by atoms with E-state index in [0.717, 1.165) is 25.7 Å². The Kier molecular flexibility index (Phi) is 5.44. The Morgan fingerprint density at radius 2 is 1.73 bits per heavy atom. The summed E-state index contributed by atoms with van der Waals surface area (Å²) in [6, 6.07) is -1.31. The fraction of sp³-hybridized carbons (Fsp3) is 0.720. The van der Waals surface area contributed by atoms with E-state index in [0.29, 0.717) is 13.1 Å². The van der Waals surface area contributed by atoms with Crippen molar-refractivity contribution < 1.29 is 24.2 Å². The smallest absolute Gasteiger partial charge is 0.249 e. The van der Waals surface area contributed by atoms with Crippen LogP contribution in [0, 0.1) is 11.8 Å². The van der Waals surface area contributed by atoms with E-state index in [4.69, 9.17) is 4.74 Å². The van der Waals surface area contributed by atoms with Crippen molar-refractivity contribution in [3.63, 3.8) is 0 Å². The molecule has 0 aromatic heterocycles. The van der Waals surface area contributed by atoms with Crippen LogP contribution < -0.4 is 0 Å². The molecule has 8 heteroatoms. The molecule has 0 aromatic rings. The van der Waals surface area contributed by atoms with Gasteiger partial charge in [0.25, 0.3) is 0 Å². The summed E-state index contributed by atoms with van der Waals surface area (Å²) in [5.41, 5.74) is -2.22. The number of hydrogen-bond acceptors (Lipinski definition) is 5. The number of aliphatic hydroxyl groups is 1. The molecule has 5 rings (SSSR count). The third-order valence-corrected chi connectivity index (χ3v) is 8.48. The van der Waals surface area contributed by atoms with Gasteiger partial charge in [0.05, 0.1) is 30.1 Å². The Labute approximate surface area is 195 Å². The molecule has 6 atom stereocenters. The third-order valence-electron chi connectivity index (χ3n) is 8.48. The molecule has 3 amide bonds. The quantitative estimate of drug-likeness (QED) is 0.641. The average molecular weight is 458 g/mol. The zero-order valence-corrected chi connectivity index (χ0v) is 19.8. The lowest BCUT2D eigenvalue weighted by Gasteiger charge is -2.41. The molecule has 1 spiro atoms. The second-order valence-electron chi connectivity index (χ2n) is 10.6. The van der Waals surface area contributed by atoms with Crippen LogP contribution in [0.15, 0.2) is 24.3 Å². The second-order valence-corrected chi connectivity index (χ2v) is 10.6. The van der Waals surface area contributed by atoms with Gasteiger partial charge in [0, 0.05) is 26.2 Å². The summed E-state index contributed by atoms with van der Waals surface area (Å²) in [6.07, 6.45) is 12.9. The van der Waals surface area contributed by atoms with Gasteiger partial charge in [-0.2, -0.15) is 0 Å². The van der Waals surface area contributed by atoms with Crippen molar-refractivity contribution in [2.75, 3.05) is 26.7 Å². The highest BCUT2D eigenvalue weighted by Crippen LogP contribution is 2.57. The van der Waals surface area contributed by atoms with Gasteiger partial charge in [-0.1, -0.05) is 43.6 Å². The number of likely N-dealkylation sites (tertiary alicyclic amines) is 1. The lowest BCUT2D eigenvalue weighted by molar-refractivity contribution is -0.156. The number of nitrogens with zero attached hydrogens (tertiary/aromatic N) is 3. The van der Waals surface area contributed by atoms with Gasteiger partial charge in [-0.15, -0.1) is 0 Å². The Morgan fingerprint density at radius 3 is 2.42 bits per heavy atom. The minimum atomic E-state index is -1.24. The molecule has 1 N–H and O–H groups in total. The number of fused-ring (bicyclic) bond motifs is 2. The van der Waals surface area contributed by atoms with Gasteiger partial charge in [0.1, 0.15) is 11.6 Å². The molecule has 1 aliphatic carbocycles. The van der Waals surface area contributed by atoms with Crippen molar-refractivity contribution in [2.45, 2.75) is 75.3 Å². The van der Waals surface area contributed by atoms with Crippen LogP contribution in [0.4, 0.5) is 0 Å². The van der Waals surface area contributed by atoms with Crippen molar-refractivity contribution in [1.82, 2.24) is 14.7 Å².